The van der Waals surface area contributed by atoms with E-state index in [4.69, 9.17) is 18.9 Å². The molecule has 0 unspecified atom stereocenters. The summed E-state index contributed by atoms with van der Waals surface area (Å²) in [6, 6.07) is 53.0. The van der Waals surface area contributed by atoms with Crippen LogP contribution < -0.4 is 51.4 Å². The van der Waals surface area contributed by atoms with E-state index >= 15 is 0 Å². The lowest BCUT2D eigenvalue weighted by Gasteiger charge is -2.45. The molecule has 31 nitrogen and oxygen atoms in total. The fourth-order valence-corrected chi connectivity index (χ4v) is 17.5. The van der Waals surface area contributed by atoms with Crippen molar-refractivity contribution >= 4 is 70.7 Å². The number of nitrogens with zero attached hydrogens (tertiary/aromatic N) is 6. The van der Waals surface area contributed by atoms with Gasteiger partial charge in [-0.25, -0.2) is 19.7 Å². The second kappa shape index (κ2) is 44.3. The Labute approximate surface area is 750 Å². The number of likely N-dealkylation sites (tertiary alicyclic amines) is 3. The number of rotatable bonds is 33. The van der Waals surface area contributed by atoms with E-state index in [0.29, 0.717) is 111 Å². The Balaban J connectivity index is 0.000000175. The van der Waals surface area contributed by atoms with Gasteiger partial charge in [0.05, 0.1) is 51.4 Å². The van der Waals surface area contributed by atoms with Gasteiger partial charge in [0.15, 0.2) is 0 Å². The Morgan fingerprint density at radius 1 is 0.426 bits per heavy atom. The van der Waals surface area contributed by atoms with Gasteiger partial charge in [0.1, 0.15) is 64.9 Å². The Kier molecular flexibility index (Phi) is 32.2. The molecule has 31 heteroatoms. The lowest BCUT2D eigenvalue weighted by molar-refractivity contribution is -0.141. The van der Waals surface area contributed by atoms with Crippen molar-refractivity contribution in [2.24, 2.45) is 0 Å². The van der Waals surface area contributed by atoms with Crippen LogP contribution in [0.1, 0.15) is 134 Å². The van der Waals surface area contributed by atoms with Crippen LogP contribution in [-0.4, -0.2) is 206 Å². The first-order chi connectivity index (χ1) is 62.3. The van der Waals surface area contributed by atoms with Crippen molar-refractivity contribution in [3.63, 3.8) is 0 Å². The molecule has 0 radical (unpaired) electrons. The van der Waals surface area contributed by atoms with Gasteiger partial charge in [-0.15, -0.1) is 0 Å². The van der Waals surface area contributed by atoms with E-state index in [2.05, 4.69) is 91.4 Å². The molecule has 6 atom stereocenters. The Morgan fingerprint density at radius 3 is 1.13 bits per heavy atom. The number of hydrogen-bond acceptors (Lipinski definition) is 18. The van der Waals surface area contributed by atoms with Crippen LogP contribution in [0.5, 0.6) is 17.2 Å². The largest absolute Gasteiger partial charge is 0.497 e. The molecule has 7 aromatic carbocycles. The molecule has 0 saturated carbocycles. The minimum Gasteiger partial charge on any atom is -0.497 e. The number of ether oxygens (including phenoxy) is 4. The molecule has 0 bridgehead atoms. The van der Waals surface area contributed by atoms with Gasteiger partial charge in [0, 0.05) is 164 Å². The second-order valence-corrected chi connectivity index (χ2v) is 33.1. The Morgan fingerprint density at radius 2 is 0.783 bits per heavy atom. The van der Waals surface area contributed by atoms with Crippen LogP contribution >= 0.6 is 0 Å². The van der Waals surface area contributed by atoms with E-state index in [1.54, 1.807) is 61.9 Å². The van der Waals surface area contributed by atoms with Gasteiger partial charge < -0.3 is 80.5 Å². The number of carbonyl (C=O) groups excluding carboxylic acids is 11. The highest BCUT2D eigenvalue weighted by Gasteiger charge is 2.49. The van der Waals surface area contributed by atoms with Gasteiger partial charge in [-0.3, -0.25) is 53.3 Å². The van der Waals surface area contributed by atoms with Crippen LogP contribution in [0.3, 0.4) is 0 Å². The zero-order valence-electron chi connectivity index (χ0n) is 74.0. The maximum atomic E-state index is 14.3. The van der Waals surface area contributed by atoms with E-state index in [1.807, 2.05) is 164 Å². The molecule has 10 amide bonds. The van der Waals surface area contributed by atoms with Crippen molar-refractivity contribution < 1.29 is 71.7 Å². The molecular weight excluding hydrogens is 1640 g/mol. The fraction of sp³-hybridized carbons (Fsp3) is 0.367. The van der Waals surface area contributed by atoms with E-state index in [0.717, 1.165) is 57.3 Å². The number of H-pyrrole nitrogens is 3. The Hall–Kier alpha value is -14.3. The average Bonchev–Trinajstić information content (AvgIpc) is 1.75. The summed E-state index contributed by atoms with van der Waals surface area (Å²) >= 11 is 0. The molecule has 1 spiro atoms. The van der Waals surface area contributed by atoms with E-state index in [1.165, 1.54) is 39.8 Å². The number of ketones is 1. The highest BCUT2D eigenvalue weighted by Crippen LogP contribution is 2.45. The van der Waals surface area contributed by atoms with Gasteiger partial charge >= 0.3 is 6.09 Å². The fourth-order valence-electron chi connectivity index (χ4n) is 17.5. The number of benzene rings is 7. The standard InChI is InChI=1S/C34H37N5O4.C33H41N5O5.C31H36N6O6/c1-24(40)37-30(20-28-21-35-23-36-28)32(41)38-31(19-25-13-15-29(43-2)16-14-25)33(42)39-18-17-34(22-39,26-9-5-3-6-10-26)27-11-7-4-8-12-27;1-4-8-30(40)33(25-9-6-5-7-10-25)15-17-38(18-16-33)32(42)29(19-24-11-13-27(43-3)14-12-24)37-31(41)28(36-23(2)39)20-26-21-34-22-35-26;1-19-4-9-25-24(14-19)31(43-30(41)36-25)10-12-37(13-11-31)29(40)27(15-21-5-7-23(42-3)8-6-21)35-28(39)26(34-20(2)38)16-22-17-32-18-33-22/h3-16,21,23,30-31H,17-20,22H2,1-2H3,(H,35,36)(H,37,40)(H,38,41);5-7,9-14,21-22,28-29H,4,8,15-20H2,1-3H3,(H,34,35)(H,36,39)(H,37,41);4-9,14,17-18,26-27H,10-13,15-16H2,1-3H3,(H,32,33)(H,34,38)(H,35,39)(H,36,41)/t30-,31-;28-,29+;26-,27-/m000/s1. The first-order valence-corrected chi connectivity index (χ1v) is 43.5. The maximum Gasteiger partial charge on any atom is 0.412 e. The number of aromatic nitrogens is 6. The zero-order valence-corrected chi connectivity index (χ0v) is 74.0. The summed E-state index contributed by atoms with van der Waals surface area (Å²) in [6.07, 6.45) is 14.0. The smallest absolute Gasteiger partial charge is 0.412 e. The number of aryl methyl sites for hydroxylation is 1. The molecule has 7 heterocycles. The van der Waals surface area contributed by atoms with Gasteiger partial charge in [-0.05, 0) is 115 Å². The van der Waals surface area contributed by atoms with Crippen molar-refractivity contribution in [2.45, 2.75) is 171 Å². The van der Waals surface area contributed by atoms with E-state index in [9.17, 15) is 52.7 Å². The number of nitrogens with one attached hydrogen (secondary N) is 10. The van der Waals surface area contributed by atoms with Gasteiger partial charge in [-0.1, -0.05) is 146 Å². The molecule has 129 heavy (non-hydrogen) atoms. The minimum atomic E-state index is -0.914. The summed E-state index contributed by atoms with van der Waals surface area (Å²) in [4.78, 5) is 171. The highest BCUT2D eigenvalue weighted by molar-refractivity contribution is 5.96. The third kappa shape index (κ3) is 24.5. The summed E-state index contributed by atoms with van der Waals surface area (Å²) in [7, 11) is 4.76. The van der Waals surface area contributed by atoms with E-state index < -0.39 is 71.1 Å². The number of hydrogen-bond donors (Lipinski definition) is 10. The highest BCUT2D eigenvalue weighted by atomic mass is 16.6. The number of imidazole rings is 3. The molecule has 4 aliphatic heterocycles. The third-order valence-corrected chi connectivity index (χ3v) is 24.2. The lowest BCUT2D eigenvalue weighted by atomic mass is 9.68. The summed E-state index contributed by atoms with van der Waals surface area (Å²) in [6.45, 7) is 10.5. The van der Waals surface area contributed by atoms with Gasteiger partial charge in [-0.2, -0.15) is 0 Å². The number of amides is 10. The van der Waals surface area contributed by atoms with Crippen LogP contribution in [0.15, 0.2) is 220 Å². The number of methoxy groups -OCH3 is 3. The molecule has 10 aromatic rings. The monoisotopic (exact) mass is 1750 g/mol. The lowest BCUT2D eigenvalue weighted by Crippen LogP contribution is -2.57. The average molecular weight is 1760 g/mol. The Bertz CT molecular complexity index is 5380. The molecule has 676 valence electrons. The molecule has 3 aromatic heterocycles. The van der Waals surface area contributed by atoms with Crippen LogP contribution in [0.2, 0.25) is 0 Å². The topological polar surface area (TPSA) is 405 Å². The normalized spacial score (nSPS) is 15.9. The van der Waals surface area contributed by atoms with Crippen molar-refractivity contribution in [1.82, 2.24) is 76.5 Å². The summed E-state index contributed by atoms with van der Waals surface area (Å²) < 4.78 is 21.7. The number of Topliss-reactive ketones (excluding diaryl/α,β-unsaturated/α-hetero) is 1. The number of carbonyl (C=O) groups is 11. The number of piperidine rings is 2. The molecule has 4 aliphatic rings. The van der Waals surface area contributed by atoms with E-state index in [-0.39, 0.29) is 85.2 Å². The zero-order chi connectivity index (χ0) is 91.6. The third-order valence-electron chi connectivity index (χ3n) is 24.2. The second-order valence-electron chi connectivity index (χ2n) is 33.1. The SMILES string of the molecule is CCCC(=O)C1(c2ccccc2)CCN(C(=O)[C@@H](Cc2ccc(OC)cc2)NC(=O)[C@H](Cc2cnc[nH]2)NC(C)=O)CC1.COc1ccc(C[C@H](NC(=O)[C@H](Cc2cnc[nH]2)NC(C)=O)C(=O)N2CCC(c3ccccc3)(c3ccccc3)C2)cc1.COc1ccc(C[C@H](NC(=O)[C@H](Cc2cnc[nH]2)NC(C)=O)C(=O)N2CCC3(CC2)OC(=O)Nc2ccc(C)cc23)cc1. The van der Waals surface area contributed by atoms with Crippen molar-refractivity contribution in [3.8, 4) is 17.2 Å². The first kappa shape index (κ1) is 93.9. The van der Waals surface area contributed by atoms with Gasteiger partial charge in [0.2, 0.25) is 53.2 Å². The van der Waals surface area contributed by atoms with Crippen LogP contribution in [0.4, 0.5) is 10.5 Å². The van der Waals surface area contributed by atoms with Crippen molar-refractivity contribution in [3.05, 3.63) is 281 Å². The summed E-state index contributed by atoms with van der Waals surface area (Å²) in [5.41, 5.74) is 8.70. The van der Waals surface area contributed by atoms with Crippen LogP contribution in [-0.2, 0) is 108 Å². The molecule has 0 aliphatic carbocycles. The molecule has 14 rings (SSSR count). The number of aromatic amines is 3. The summed E-state index contributed by atoms with van der Waals surface area (Å²) in [5, 5.41) is 19.7. The number of fused-ring (bicyclic) bond motifs is 2. The minimum absolute atomic E-state index is 0.166. The van der Waals surface area contributed by atoms with Crippen LogP contribution in [0, 0.1) is 6.92 Å². The number of anilines is 1. The van der Waals surface area contributed by atoms with Crippen LogP contribution in [0.25, 0.3) is 0 Å². The quantitative estimate of drug-likeness (QED) is 0.0183. The molecule has 10 N–H and O–H groups in total. The van der Waals surface area contributed by atoms with Crippen molar-refractivity contribution in [2.75, 3.05) is 65.9 Å². The summed E-state index contributed by atoms with van der Waals surface area (Å²) in [5.74, 6) is -0.837. The van der Waals surface area contributed by atoms with Crippen molar-refractivity contribution in [1.29, 1.82) is 0 Å². The maximum absolute atomic E-state index is 14.3. The first-order valence-electron chi connectivity index (χ1n) is 43.5. The van der Waals surface area contributed by atoms with Gasteiger partial charge in [0.25, 0.3) is 0 Å². The molecular formula is C98H114N16O15. The predicted octanol–water partition coefficient (Wildman–Crippen LogP) is 9.12. The predicted molar refractivity (Wildman–Crippen MR) is 483 cm³/mol. The molecule has 3 saturated heterocycles. The molecule has 3 fully saturated rings.